The minimum atomic E-state index is 0.194. The van der Waals surface area contributed by atoms with Gasteiger partial charge in [-0.05, 0) is 44.4 Å². The van der Waals surface area contributed by atoms with Crippen molar-refractivity contribution in [2.45, 2.75) is 70.4 Å². The Bertz CT molecular complexity index is 225. The first kappa shape index (κ1) is 12.4. The standard InChI is InChI=1S/C14H28N2/c1-11-6-7-13(8-11)16-14(2,10-15)9-12-4-3-5-12/h11-13,16H,3-10,15H2,1-2H3. The Morgan fingerprint density at radius 1 is 1.25 bits per heavy atom. The van der Waals surface area contributed by atoms with Crippen molar-refractivity contribution in [2.24, 2.45) is 17.6 Å². The molecule has 0 spiro atoms. The number of nitrogens with two attached hydrogens (primary N) is 1. The van der Waals surface area contributed by atoms with Gasteiger partial charge in [-0.1, -0.05) is 26.2 Å². The Labute approximate surface area is 100 Å². The van der Waals surface area contributed by atoms with Gasteiger partial charge in [0.25, 0.3) is 0 Å². The summed E-state index contributed by atoms with van der Waals surface area (Å²) in [7, 11) is 0. The number of nitrogens with one attached hydrogen (secondary N) is 1. The average molecular weight is 224 g/mol. The SMILES string of the molecule is CC1CCC(NC(C)(CN)CC2CCC2)C1. The molecule has 2 heteroatoms. The molecule has 94 valence electrons. The summed E-state index contributed by atoms with van der Waals surface area (Å²) in [5, 5.41) is 3.85. The van der Waals surface area contributed by atoms with Crippen LogP contribution in [0.1, 0.15) is 58.8 Å². The van der Waals surface area contributed by atoms with E-state index in [4.69, 9.17) is 5.73 Å². The van der Waals surface area contributed by atoms with Crippen LogP contribution in [0.25, 0.3) is 0 Å². The molecule has 2 nitrogen and oxygen atoms in total. The van der Waals surface area contributed by atoms with Gasteiger partial charge in [-0.3, -0.25) is 0 Å². The van der Waals surface area contributed by atoms with E-state index < -0.39 is 0 Å². The maximum Gasteiger partial charge on any atom is 0.0280 e. The second-order valence-corrected chi connectivity index (χ2v) is 6.53. The Hall–Kier alpha value is -0.0800. The lowest BCUT2D eigenvalue weighted by molar-refractivity contribution is 0.193. The van der Waals surface area contributed by atoms with Gasteiger partial charge in [0, 0.05) is 18.1 Å². The zero-order valence-electron chi connectivity index (χ0n) is 11.0. The highest BCUT2D eigenvalue weighted by molar-refractivity contribution is 4.93. The van der Waals surface area contributed by atoms with Crippen LogP contribution in [0.3, 0.4) is 0 Å². The maximum absolute atomic E-state index is 5.98. The topological polar surface area (TPSA) is 38.0 Å². The molecular weight excluding hydrogens is 196 g/mol. The van der Waals surface area contributed by atoms with Crippen molar-refractivity contribution < 1.29 is 0 Å². The lowest BCUT2D eigenvalue weighted by Gasteiger charge is -2.39. The van der Waals surface area contributed by atoms with Crippen LogP contribution in [-0.4, -0.2) is 18.1 Å². The van der Waals surface area contributed by atoms with E-state index in [0.29, 0.717) is 0 Å². The lowest BCUT2D eigenvalue weighted by Crippen LogP contribution is -2.54. The second kappa shape index (κ2) is 5.05. The zero-order valence-corrected chi connectivity index (χ0v) is 11.0. The first-order valence-electron chi connectivity index (χ1n) is 7.09. The summed E-state index contributed by atoms with van der Waals surface area (Å²) in [6.07, 6.45) is 9.67. The molecule has 0 heterocycles. The molecule has 3 N–H and O–H groups in total. The van der Waals surface area contributed by atoms with Crippen LogP contribution in [0.15, 0.2) is 0 Å². The first-order valence-corrected chi connectivity index (χ1v) is 7.09. The van der Waals surface area contributed by atoms with Gasteiger partial charge in [0.1, 0.15) is 0 Å². The molecule has 0 saturated heterocycles. The summed E-state index contributed by atoms with van der Waals surface area (Å²) < 4.78 is 0. The third-order valence-electron chi connectivity index (χ3n) is 4.66. The van der Waals surface area contributed by atoms with Crippen molar-refractivity contribution in [3.63, 3.8) is 0 Å². The van der Waals surface area contributed by atoms with E-state index in [2.05, 4.69) is 19.2 Å². The Morgan fingerprint density at radius 3 is 2.44 bits per heavy atom. The van der Waals surface area contributed by atoms with E-state index in [9.17, 15) is 0 Å². The highest BCUT2D eigenvalue weighted by Crippen LogP contribution is 2.34. The average Bonchev–Trinajstić information content (AvgIpc) is 2.58. The molecule has 3 atom stereocenters. The third-order valence-corrected chi connectivity index (χ3v) is 4.66. The largest absolute Gasteiger partial charge is 0.329 e. The Morgan fingerprint density at radius 2 is 2.00 bits per heavy atom. The molecule has 0 aromatic carbocycles. The molecule has 2 rings (SSSR count). The fourth-order valence-electron chi connectivity index (χ4n) is 3.37. The minimum Gasteiger partial charge on any atom is -0.329 e. The molecule has 2 aliphatic carbocycles. The van der Waals surface area contributed by atoms with Crippen LogP contribution in [0.2, 0.25) is 0 Å². The van der Waals surface area contributed by atoms with Gasteiger partial charge < -0.3 is 11.1 Å². The molecule has 0 amide bonds. The highest BCUT2D eigenvalue weighted by Gasteiger charge is 2.33. The van der Waals surface area contributed by atoms with E-state index in [1.165, 1.54) is 44.9 Å². The summed E-state index contributed by atoms with van der Waals surface area (Å²) in [4.78, 5) is 0. The van der Waals surface area contributed by atoms with Crippen LogP contribution >= 0.6 is 0 Å². The monoisotopic (exact) mass is 224 g/mol. The van der Waals surface area contributed by atoms with Gasteiger partial charge in [0.05, 0.1) is 0 Å². The molecule has 0 aromatic rings. The van der Waals surface area contributed by atoms with Crippen molar-refractivity contribution in [2.75, 3.05) is 6.54 Å². The van der Waals surface area contributed by atoms with Gasteiger partial charge in [0.15, 0.2) is 0 Å². The summed E-state index contributed by atoms with van der Waals surface area (Å²) in [6.45, 7) is 5.48. The summed E-state index contributed by atoms with van der Waals surface area (Å²) in [6, 6.07) is 0.726. The molecule has 16 heavy (non-hydrogen) atoms. The van der Waals surface area contributed by atoms with Gasteiger partial charge in [0.2, 0.25) is 0 Å². The van der Waals surface area contributed by atoms with Crippen molar-refractivity contribution in [3.05, 3.63) is 0 Å². The second-order valence-electron chi connectivity index (χ2n) is 6.53. The molecule has 0 aliphatic heterocycles. The van der Waals surface area contributed by atoms with Gasteiger partial charge in [-0.25, -0.2) is 0 Å². The van der Waals surface area contributed by atoms with Crippen molar-refractivity contribution >= 4 is 0 Å². The normalized spacial score (nSPS) is 34.7. The van der Waals surface area contributed by atoms with Crippen LogP contribution < -0.4 is 11.1 Å². The van der Waals surface area contributed by atoms with Gasteiger partial charge >= 0.3 is 0 Å². The van der Waals surface area contributed by atoms with Crippen LogP contribution in [-0.2, 0) is 0 Å². The minimum absolute atomic E-state index is 0.194. The van der Waals surface area contributed by atoms with E-state index in [0.717, 1.165) is 24.4 Å². The Kier molecular flexibility index (Phi) is 3.91. The molecule has 2 fully saturated rings. The fraction of sp³-hybridized carbons (Fsp3) is 1.00. The van der Waals surface area contributed by atoms with Crippen molar-refractivity contribution in [3.8, 4) is 0 Å². The maximum atomic E-state index is 5.98. The highest BCUT2D eigenvalue weighted by atomic mass is 15.0. The Balaban J connectivity index is 1.82. The fourth-order valence-corrected chi connectivity index (χ4v) is 3.37. The molecular formula is C14H28N2. The van der Waals surface area contributed by atoms with E-state index >= 15 is 0 Å². The van der Waals surface area contributed by atoms with Crippen LogP contribution in [0.4, 0.5) is 0 Å². The summed E-state index contributed by atoms with van der Waals surface area (Å²) >= 11 is 0. The number of rotatable bonds is 5. The van der Waals surface area contributed by atoms with Crippen molar-refractivity contribution in [1.82, 2.24) is 5.32 Å². The van der Waals surface area contributed by atoms with Crippen LogP contribution in [0.5, 0.6) is 0 Å². The van der Waals surface area contributed by atoms with E-state index in [1.54, 1.807) is 0 Å². The molecule has 2 saturated carbocycles. The quantitative estimate of drug-likeness (QED) is 0.753. The summed E-state index contributed by atoms with van der Waals surface area (Å²) in [5.74, 6) is 1.85. The number of hydrogen-bond donors (Lipinski definition) is 2. The smallest absolute Gasteiger partial charge is 0.0280 e. The molecule has 3 unspecified atom stereocenters. The van der Waals surface area contributed by atoms with Gasteiger partial charge in [-0.15, -0.1) is 0 Å². The predicted molar refractivity (Wildman–Crippen MR) is 69.4 cm³/mol. The van der Waals surface area contributed by atoms with Gasteiger partial charge in [-0.2, -0.15) is 0 Å². The first-order chi connectivity index (χ1) is 7.61. The van der Waals surface area contributed by atoms with E-state index in [1.807, 2.05) is 0 Å². The molecule has 0 aromatic heterocycles. The zero-order chi connectivity index (χ0) is 11.6. The summed E-state index contributed by atoms with van der Waals surface area (Å²) in [5.41, 5.74) is 6.18. The van der Waals surface area contributed by atoms with Crippen LogP contribution in [0, 0.1) is 11.8 Å². The lowest BCUT2D eigenvalue weighted by atomic mass is 9.76. The van der Waals surface area contributed by atoms with Crippen molar-refractivity contribution in [1.29, 1.82) is 0 Å². The third kappa shape index (κ3) is 2.98. The van der Waals surface area contributed by atoms with E-state index in [-0.39, 0.29) is 5.54 Å². The number of hydrogen-bond acceptors (Lipinski definition) is 2. The molecule has 0 radical (unpaired) electrons. The molecule has 0 bridgehead atoms. The molecule has 2 aliphatic rings. The predicted octanol–water partition coefficient (Wildman–Crippen LogP) is 2.67.